The lowest BCUT2D eigenvalue weighted by Gasteiger charge is -2.08. The van der Waals surface area contributed by atoms with E-state index in [-0.39, 0.29) is 11.7 Å². The molecule has 0 aliphatic carbocycles. The number of aromatic nitrogens is 1. The Morgan fingerprint density at radius 2 is 1.66 bits per heavy atom. The van der Waals surface area contributed by atoms with E-state index < -0.39 is 0 Å². The third kappa shape index (κ3) is 4.41. The predicted molar refractivity (Wildman–Crippen MR) is 110 cm³/mol. The second-order valence-corrected chi connectivity index (χ2v) is 6.57. The smallest absolute Gasteiger partial charge is 0.252 e. The number of carbonyl (C=O) groups is 1. The Balaban J connectivity index is 1.51. The van der Waals surface area contributed by atoms with Crippen molar-refractivity contribution in [3.63, 3.8) is 0 Å². The van der Waals surface area contributed by atoms with Gasteiger partial charge in [-0.2, -0.15) is 0 Å². The van der Waals surface area contributed by atoms with Crippen LogP contribution in [0.4, 0.5) is 4.39 Å². The number of rotatable bonds is 6. The molecule has 0 saturated heterocycles. The van der Waals surface area contributed by atoms with Gasteiger partial charge in [-0.15, -0.1) is 0 Å². The molecule has 0 aliphatic heterocycles. The summed E-state index contributed by atoms with van der Waals surface area (Å²) < 4.78 is 19.0. The van der Waals surface area contributed by atoms with Crippen molar-refractivity contribution in [3.8, 4) is 22.8 Å². The molecule has 0 spiro atoms. The van der Waals surface area contributed by atoms with Crippen molar-refractivity contribution < 1.29 is 13.6 Å². The molecule has 0 atom stereocenters. The number of halogens is 1. The molecule has 1 amide bonds. The summed E-state index contributed by atoms with van der Waals surface area (Å²) in [6, 6.07) is 23.2. The summed E-state index contributed by atoms with van der Waals surface area (Å²) in [4.78, 5) is 17.0. The minimum Gasteiger partial charge on any atom is -0.436 e. The number of nitrogens with zero attached hydrogens (tertiary/aromatic N) is 1. The Labute approximate surface area is 168 Å². The van der Waals surface area contributed by atoms with Crippen LogP contribution in [0.5, 0.6) is 0 Å². The molecule has 4 aromatic rings. The van der Waals surface area contributed by atoms with Crippen molar-refractivity contribution in [2.24, 2.45) is 0 Å². The Bertz CT molecular complexity index is 1110. The fraction of sp³-hybridized carbons (Fsp3) is 0.0833. The average Bonchev–Trinajstić information content (AvgIpc) is 3.25. The number of oxazole rings is 1. The number of benzene rings is 3. The molecule has 1 aromatic heterocycles. The standard InChI is InChI=1S/C24H19FN2O2/c25-19-12-10-18(11-13-19)22-16-27-24(29-22)21-9-5-4-8-20(21)23(28)26-15-14-17-6-2-1-3-7-17/h1-13,16H,14-15H2,(H,26,28). The van der Waals surface area contributed by atoms with Crippen molar-refractivity contribution in [1.82, 2.24) is 10.3 Å². The summed E-state index contributed by atoms with van der Waals surface area (Å²) in [6.45, 7) is 0.531. The van der Waals surface area contributed by atoms with Crippen molar-refractivity contribution in [3.05, 3.63) is 102 Å². The van der Waals surface area contributed by atoms with E-state index in [1.54, 1.807) is 36.5 Å². The molecule has 29 heavy (non-hydrogen) atoms. The summed E-state index contributed by atoms with van der Waals surface area (Å²) in [5.74, 6) is 0.362. The molecule has 1 N–H and O–H groups in total. The van der Waals surface area contributed by atoms with Gasteiger partial charge in [0.2, 0.25) is 5.89 Å². The maximum absolute atomic E-state index is 13.1. The van der Waals surface area contributed by atoms with Gasteiger partial charge in [0.25, 0.3) is 5.91 Å². The summed E-state index contributed by atoms with van der Waals surface area (Å²) in [7, 11) is 0. The first-order valence-electron chi connectivity index (χ1n) is 9.34. The van der Waals surface area contributed by atoms with Gasteiger partial charge >= 0.3 is 0 Å². The normalized spacial score (nSPS) is 10.7. The summed E-state index contributed by atoms with van der Waals surface area (Å²) in [5, 5.41) is 2.95. The number of hydrogen-bond acceptors (Lipinski definition) is 3. The Morgan fingerprint density at radius 3 is 2.45 bits per heavy atom. The highest BCUT2D eigenvalue weighted by atomic mass is 19.1. The van der Waals surface area contributed by atoms with Crippen LogP contribution in [-0.4, -0.2) is 17.4 Å². The molecular formula is C24H19FN2O2. The largest absolute Gasteiger partial charge is 0.436 e. The van der Waals surface area contributed by atoms with E-state index in [0.717, 1.165) is 17.5 Å². The van der Waals surface area contributed by atoms with Crippen molar-refractivity contribution in [2.75, 3.05) is 6.54 Å². The Hall–Kier alpha value is -3.73. The zero-order valence-corrected chi connectivity index (χ0v) is 15.6. The Morgan fingerprint density at radius 1 is 0.931 bits per heavy atom. The first-order valence-corrected chi connectivity index (χ1v) is 9.34. The number of nitrogens with one attached hydrogen (secondary N) is 1. The van der Waals surface area contributed by atoms with E-state index in [1.165, 1.54) is 12.1 Å². The molecule has 5 heteroatoms. The van der Waals surface area contributed by atoms with E-state index in [2.05, 4.69) is 10.3 Å². The minimum atomic E-state index is -0.314. The summed E-state index contributed by atoms with van der Waals surface area (Å²) >= 11 is 0. The van der Waals surface area contributed by atoms with Gasteiger partial charge < -0.3 is 9.73 Å². The topological polar surface area (TPSA) is 55.1 Å². The molecule has 4 rings (SSSR count). The zero-order chi connectivity index (χ0) is 20.1. The number of carbonyl (C=O) groups excluding carboxylic acids is 1. The number of amides is 1. The first-order chi connectivity index (χ1) is 14.2. The molecule has 1 heterocycles. The van der Waals surface area contributed by atoms with Crippen molar-refractivity contribution in [1.29, 1.82) is 0 Å². The van der Waals surface area contributed by atoms with Crippen LogP contribution in [0, 0.1) is 5.82 Å². The third-order valence-electron chi connectivity index (χ3n) is 4.58. The predicted octanol–water partition coefficient (Wildman–Crippen LogP) is 5.12. The lowest BCUT2D eigenvalue weighted by atomic mass is 10.1. The van der Waals surface area contributed by atoms with Gasteiger partial charge in [0, 0.05) is 17.7 Å². The third-order valence-corrected chi connectivity index (χ3v) is 4.58. The van der Waals surface area contributed by atoms with Gasteiger partial charge in [-0.3, -0.25) is 4.79 Å². The van der Waals surface area contributed by atoms with E-state index in [9.17, 15) is 9.18 Å². The monoisotopic (exact) mass is 386 g/mol. The highest BCUT2D eigenvalue weighted by Gasteiger charge is 2.16. The fourth-order valence-electron chi connectivity index (χ4n) is 3.07. The summed E-state index contributed by atoms with van der Waals surface area (Å²) in [6.07, 6.45) is 2.33. The van der Waals surface area contributed by atoms with E-state index in [1.807, 2.05) is 36.4 Å². The van der Waals surface area contributed by atoms with Crippen molar-refractivity contribution >= 4 is 5.91 Å². The van der Waals surface area contributed by atoms with E-state index in [4.69, 9.17) is 4.42 Å². The second-order valence-electron chi connectivity index (χ2n) is 6.57. The van der Waals surface area contributed by atoms with Crippen LogP contribution in [0.25, 0.3) is 22.8 Å². The number of hydrogen-bond donors (Lipinski definition) is 1. The molecule has 0 bridgehead atoms. The second kappa shape index (κ2) is 8.52. The molecule has 0 unspecified atom stereocenters. The first kappa shape index (κ1) is 18.6. The van der Waals surface area contributed by atoms with E-state index >= 15 is 0 Å². The van der Waals surface area contributed by atoms with Crippen LogP contribution in [0.15, 0.2) is 89.5 Å². The van der Waals surface area contributed by atoms with Crippen LogP contribution < -0.4 is 5.32 Å². The molecule has 144 valence electrons. The Kier molecular flexibility index (Phi) is 5.47. The van der Waals surface area contributed by atoms with Gasteiger partial charge in [-0.25, -0.2) is 9.37 Å². The lowest BCUT2D eigenvalue weighted by molar-refractivity contribution is 0.0954. The molecule has 0 aliphatic rings. The van der Waals surface area contributed by atoms with Gasteiger partial charge in [0.1, 0.15) is 5.82 Å². The molecule has 4 nitrogen and oxygen atoms in total. The van der Waals surface area contributed by atoms with Crippen LogP contribution in [0.3, 0.4) is 0 Å². The van der Waals surface area contributed by atoms with Crippen molar-refractivity contribution in [2.45, 2.75) is 6.42 Å². The molecule has 0 fully saturated rings. The fourth-order valence-corrected chi connectivity index (χ4v) is 3.07. The highest BCUT2D eigenvalue weighted by Crippen LogP contribution is 2.28. The maximum Gasteiger partial charge on any atom is 0.252 e. The van der Waals surface area contributed by atoms with Crippen LogP contribution in [0.1, 0.15) is 15.9 Å². The van der Waals surface area contributed by atoms with Gasteiger partial charge in [-0.05, 0) is 48.4 Å². The minimum absolute atomic E-state index is 0.182. The molecule has 0 radical (unpaired) electrons. The van der Waals surface area contributed by atoms with Gasteiger partial charge in [-0.1, -0.05) is 42.5 Å². The molecule has 0 saturated carbocycles. The lowest BCUT2D eigenvalue weighted by Crippen LogP contribution is -2.26. The van der Waals surface area contributed by atoms with E-state index in [0.29, 0.717) is 29.3 Å². The summed E-state index contributed by atoms with van der Waals surface area (Å²) in [5.41, 5.74) is 2.99. The van der Waals surface area contributed by atoms with Gasteiger partial charge in [0.15, 0.2) is 5.76 Å². The zero-order valence-electron chi connectivity index (χ0n) is 15.6. The van der Waals surface area contributed by atoms with Gasteiger partial charge in [0.05, 0.1) is 11.8 Å². The van der Waals surface area contributed by atoms with Crippen LogP contribution in [-0.2, 0) is 6.42 Å². The molecular weight excluding hydrogens is 367 g/mol. The highest BCUT2D eigenvalue weighted by molar-refractivity contribution is 6.00. The quantitative estimate of drug-likeness (QED) is 0.500. The van der Waals surface area contributed by atoms with Crippen LogP contribution >= 0.6 is 0 Å². The molecule has 3 aromatic carbocycles. The SMILES string of the molecule is O=C(NCCc1ccccc1)c1ccccc1-c1ncc(-c2ccc(F)cc2)o1. The van der Waals surface area contributed by atoms with Crippen LogP contribution in [0.2, 0.25) is 0 Å². The maximum atomic E-state index is 13.1. The average molecular weight is 386 g/mol.